The maximum Gasteiger partial charge on any atom is 0.204 e. The summed E-state index contributed by atoms with van der Waals surface area (Å²) in [6, 6.07) is 0. The van der Waals surface area contributed by atoms with Crippen molar-refractivity contribution in [2.75, 3.05) is 13.2 Å². The van der Waals surface area contributed by atoms with E-state index in [1.54, 1.807) is 0 Å². The van der Waals surface area contributed by atoms with Gasteiger partial charge >= 0.3 is 0 Å². The molecule has 0 aliphatic rings. The molecule has 0 aromatic carbocycles. The van der Waals surface area contributed by atoms with E-state index in [9.17, 15) is 15.2 Å². The Bertz CT molecular complexity index is 206. The van der Waals surface area contributed by atoms with Crippen LogP contribution in [0.1, 0.15) is 38.5 Å². The van der Waals surface area contributed by atoms with Crippen LogP contribution in [0.4, 0.5) is 0 Å². The Labute approximate surface area is 95.9 Å². The van der Waals surface area contributed by atoms with E-state index in [1.165, 1.54) is 0 Å². The molecule has 0 unspecified atom stereocenters. The van der Waals surface area contributed by atoms with Crippen molar-refractivity contribution in [1.82, 2.24) is 0 Å². The molecule has 1 atom stereocenters. The number of unbranched alkanes of at least 4 members (excludes halogenated alkanes) is 2. The first-order valence-corrected chi connectivity index (χ1v) is 5.72. The molecule has 0 aliphatic heterocycles. The van der Waals surface area contributed by atoms with Gasteiger partial charge in [0.05, 0.1) is 6.10 Å². The van der Waals surface area contributed by atoms with Gasteiger partial charge in [0.2, 0.25) is 6.54 Å². The molecule has 0 aliphatic carbocycles. The van der Waals surface area contributed by atoms with Crippen molar-refractivity contribution in [2.45, 2.75) is 44.6 Å². The van der Waals surface area contributed by atoms with Crippen molar-refractivity contribution >= 4 is 0 Å². The summed E-state index contributed by atoms with van der Waals surface area (Å²) in [5.41, 5.74) is 0. The van der Waals surface area contributed by atoms with Gasteiger partial charge in [-0.2, -0.15) is 0 Å². The first-order chi connectivity index (χ1) is 7.66. The molecular weight excluding hydrogens is 210 g/mol. The molecule has 16 heavy (non-hydrogen) atoms. The maximum absolute atomic E-state index is 10.0. The molecule has 2 N–H and O–H groups in total. The summed E-state index contributed by atoms with van der Waals surface area (Å²) in [5, 5.41) is 28.0. The molecule has 5 heteroatoms. The van der Waals surface area contributed by atoms with Gasteiger partial charge in [-0.15, -0.1) is 0 Å². The molecule has 0 fully saturated rings. The van der Waals surface area contributed by atoms with Crippen molar-refractivity contribution in [3.8, 4) is 0 Å². The van der Waals surface area contributed by atoms with Gasteiger partial charge < -0.3 is 10.2 Å². The first-order valence-electron chi connectivity index (χ1n) is 5.72. The van der Waals surface area contributed by atoms with Crippen LogP contribution in [-0.4, -0.2) is 34.4 Å². The standard InChI is InChI=1S/C11H21NO4/c13-10-5-3-1-2-4-7-11(14)8-6-9-12(15)16/h2,4,11,13-14H,1,3,5-10H2/b4-2+/t11-/m1/s1. The molecule has 0 heterocycles. The minimum absolute atomic E-state index is 0.0721. The van der Waals surface area contributed by atoms with Crippen LogP contribution in [-0.2, 0) is 0 Å². The zero-order valence-corrected chi connectivity index (χ0v) is 9.55. The quantitative estimate of drug-likeness (QED) is 0.258. The Hall–Kier alpha value is -0.940. The van der Waals surface area contributed by atoms with Crippen LogP contribution in [0.25, 0.3) is 0 Å². The van der Waals surface area contributed by atoms with E-state index in [2.05, 4.69) is 0 Å². The summed E-state index contributed by atoms with van der Waals surface area (Å²) >= 11 is 0. The zero-order chi connectivity index (χ0) is 12.2. The Balaban J connectivity index is 3.34. The van der Waals surface area contributed by atoms with E-state index in [0.29, 0.717) is 19.3 Å². The monoisotopic (exact) mass is 231 g/mol. The molecule has 0 saturated carbocycles. The predicted molar refractivity (Wildman–Crippen MR) is 61.8 cm³/mol. The van der Waals surface area contributed by atoms with Crippen LogP contribution in [0, 0.1) is 10.1 Å². The highest BCUT2D eigenvalue weighted by Crippen LogP contribution is 2.04. The number of allylic oxidation sites excluding steroid dienone is 1. The summed E-state index contributed by atoms with van der Waals surface area (Å²) in [6.45, 7) is 0.147. The largest absolute Gasteiger partial charge is 0.396 e. The lowest BCUT2D eigenvalue weighted by molar-refractivity contribution is -0.480. The Morgan fingerprint density at radius 3 is 2.62 bits per heavy atom. The smallest absolute Gasteiger partial charge is 0.204 e. The second-order valence-electron chi connectivity index (χ2n) is 3.78. The average Bonchev–Trinajstić information content (AvgIpc) is 2.22. The highest BCUT2D eigenvalue weighted by Gasteiger charge is 2.04. The van der Waals surface area contributed by atoms with E-state index >= 15 is 0 Å². The summed E-state index contributed by atoms with van der Waals surface area (Å²) in [6.07, 6.45) is 7.50. The minimum atomic E-state index is -0.478. The van der Waals surface area contributed by atoms with Crippen LogP contribution in [0.15, 0.2) is 12.2 Å². The second-order valence-corrected chi connectivity index (χ2v) is 3.78. The zero-order valence-electron chi connectivity index (χ0n) is 9.55. The van der Waals surface area contributed by atoms with Gasteiger partial charge in [0, 0.05) is 18.0 Å². The lowest BCUT2D eigenvalue weighted by atomic mass is 10.1. The van der Waals surface area contributed by atoms with Crippen molar-refractivity contribution in [1.29, 1.82) is 0 Å². The third kappa shape index (κ3) is 11.1. The van der Waals surface area contributed by atoms with Crippen LogP contribution < -0.4 is 0 Å². The Morgan fingerprint density at radius 2 is 2.00 bits per heavy atom. The molecule has 0 rings (SSSR count). The normalized spacial score (nSPS) is 13.1. The molecule has 0 aromatic rings. The molecule has 0 saturated heterocycles. The summed E-state index contributed by atoms with van der Waals surface area (Å²) < 4.78 is 0. The van der Waals surface area contributed by atoms with E-state index in [4.69, 9.17) is 5.11 Å². The molecule has 0 amide bonds. The molecule has 0 spiro atoms. The SMILES string of the molecule is O=[N+]([O-])CCC[C@H](O)C/C=C/CCCCO. The fourth-order valence-electron chi connectivity index (χ4n) is 1.32. The molecule has 94 valence electrons. The number of aliphatic hydroxyl groups is 2. The van der Waals surface area contributed by atoms with E-state index in [-0.39, 0.29) is 18.1 Å². The van der Waals surface area contributed by atoms with Gasteiger partial charge in [-0.1, -0.05) is 12.2 Å². The van der Waals surface area contributed by atoms with Gasteiger partial charge in [0.25, 0.3) is 0 Å². The molecule has 0 bridgehead atoms. The number of hydrogen-bond acceptors (Lipinski definition) is 4. The maximum atomic E-state index is 10.0. The second kappa shape index (κ2) is 10.6. The van der Waals surface area contributed by atoms with Crippen molar-refractivity contribution in [2.24, 2.45) is 0 Å². The lowest BCUT2D eigenvalue weighted by Gasteiger charge is -2.05. The molecular formula is C11H21NO4. The van der Waals surface area contributed by atoms with Crippen molar-refractivity contribution in [3.63, 3.8) is 0 Å². The van der Waals surface area contributed by atoms with Gasteiger partial charge in [0.1, 0.15) is 0 Å². The number of aliphatic hydroxyl groups excluding tert-OH is 2. The van der Waals surface area contributed by atoms with Crippen LogP contribution in [0.5, 0.6) is 0 Å². The van der Waals surface area contributed by atoms with E-state index in [0.717, 1.165) is 19.3 Å². The summed E-state index contributed by atoms with van der Waals surface area (Å²) in [7, 11) is 0. The lowest BCUT2D eigenvalue weighted by Crippen LogP contribution is -2.08. The van der Waals surface area contributed by atoms with E-state index < -0.39 is 6.10 Å². The van der Waals surface area contributed by atoms with Crippen LogP contribution in [0.2, 0.25) is 0 Å². The number of nitrogens with zero attached hydrogens (tertiary/aromatic N) is 1. The minimum Gasteiger partial charge on any atom is -0.396 e. The summed E-state index contributed by atoms with van der Waals surface area (Å²) in [4.78, 5) is 9.67. The Kier molecular flexibility index (Phi) is 9.95. The highest BCUT2D eigenvalue weighted by molar-refractivity contribution is 4.83. The average molecular weight is 231 g/mol. The third-order valence-corrected chi connectivity index (χ3v) is 2.23. The number of nitro groups is 1. The van der Waals surface area contributed by atoms with Gasteiger partial charge in [-0.05, 0) is 32.1 Å². The molecule has 5 nitrogen and oxygen atoms in total. The first kappa shape index (κ1) is 15.1. The number of rotatable bonds is 10. The summed E-state index contributed by atoms with van der Waals surface area (Å²) in [5.74, 6) is 0. The third-order valence-electron chi connectivity index (χ3n) is 2.23. The highest BCUT2D eigenvalue weighted by atomic mass is 16.6. The van der Waals surface area contributed by atoms with Gasteiger partial charge in [-0.25, -0.2) is 0 Å². The van der Waals surface area contributed by atoms with Crippen molar-refractivity contribution in [3.05, 3.63) is 22.3 Å². The fraction of sp³-hybridized carbons (Fsp3) is 0.818. The van der Waals surface area contributed by atoms with Crippen LogP contribution >= 0.6 is 0 Å². The Morgan fingerprint density at radius 1 is 1.25 bits per heavy atom. The van der Waals surface area contributed by atoms with E-state index in [1.807, 2.05) is 12.2 Å². The van der Waals surface area contributed by atoms with Crippen molar-refractivity contribution < 1.29 is 15.1 Å². The fourth-order valence-corrected chi connectivity index (χ4v) is 1.32. The van der Waals surface area contributed by atoms with Gasteiger partial charge in [0.15, 0.2) is 0 Å². The molecule has 0 radical (unpaired) electrons. The van der Waals surface area contributed by atoms with Crippen LogP contribution in [0.3, 0.4) is 0 Å². The van der Waals surface area contributed by atoms with Gasteiger partial charge in [-0.3, -0.25) is 10.1 Å². The predicted octanol–water partition coefficient (Wildman–Crippen LogP) is 1.51. The number of hydrogen-bond donors (Lipinski definition) is 2. The topological polar surface area (TPSA) is 83.6 Å². The molecule has 0 aromatic heterocycles.